The van der Waals surface area contributed by atoms with E-state index in [1.54, 1.807) is 42.5 Å². The number of methoxy groups -OCH3 is 2. The van der Waals surface area contributed by atoms with Crippen LogP contribution in [0.5, 0.6) is 11.5 Å². The molecule has 1 saturated heterocycles. The van der Waals surface area contributed by atoms with Crippen LogP contribution in [-0.2, 0) is 14.3 Å². The van der Waals surface area contributed by atoms with Gasteiger partial charge < -0.3 is 19.3 Å². The molecule has 0 spiro atoms. The van der Waals surface area contributed by atoms with Crippen molar-refractivity contribution in [2.75, 3.05) is 25.7 Å². The van der Waals surface area contributed by atoms with Gasteiger partial charge in [-0.2, -0.15) is 0 Å². The number of hydrogen-bond donors (Lipinski definition) is 1. The molecule has 3 aromatic rings. The molecule has 9 heteroatoms. The number of esters is 1. The number of ketones is 1. The van der Waals surface area contributed by atoms with Crippen LogP contribution in [0.1, 0.15) is 34.5 Å². The zero-order chi connectivity index (χ0) is 26.7. The lowest BCUT2D eigenvalue weighted by atomic mass is 9.94. The SMILES string of the molecule is CCOc1ccc(Cl)c(/C(O)=C2\C(=O)C(=O)N(c3cccc(C(=O)OC)c3)C2c2cccc(OC)c2)c1. The van der Waals surface area contributed by atoms with Crippen molar-refractivity contribution < 1.29 is 33.7 Å². The van der Waals surface area contributed by atoms with Gasteiger partial charge in [0, 0.05) is 11.3 Å². The van der Waals surface area contributed by atoms with Crippen LogP contribution in [0.4, 0.5) is 5.69 Å². The van der Waals surface area contributed by atoms with Crippen molar-refractivity contribution in [3.8, 4) is 11.5 Å². The number of carbonyl (C=O) groups is 3. The van der Waals surface area contributed by atoms with Gasteiger partial charge in [-0.15, -0.1) is 0 Å². The van der Waals surface area contributed by atoms with Crippen molar-refractivity contribution in [3.05, 3.63) is 94.0 Å². The standard InChI is InChI=1S/C28H24ClNO7/c1-4-37-20-11-12-22(29)21(15-20)25(31)23-24(16-7-6-10-19(14-16)35-2)30(27(33)26(23)32)18-9-5-8-17(13-18)28(34)36-3/h5-15,24,31H,4H2,1-3H3/b25-23+. The van der Waals surface area contributed by atoms with E-state index in [1.807, 2.05) is 6.92 Å². The summed E-state index contributed by atoms with van der Waals surface area (Å²) in [7, 11) is 2.74. The van der Waals surface area contributed by atoms with Gasteiger partial charge in [0.1, 0.15) is 17.3 Å². The molecule has 0 saturated carbocycles. The van der Waals surface area contributed by atoms with Crippen molar-refractivity contribution >= 4 is 40.7 Å². The second-order valence-electron chi connectivity index (χ2n) is 8.06. The molecule has 1 unspecified atom stereocenters. The van der Waals surface area contributed by atoms with E-state index in [0.717, 1.165) is 0 Å². The summed E-state index contributed by atoms with van der Waals surface area (Å²) in [6, 6.07) is 16.6. The minimum absolute atomic E-state index is 0.141. The number of anilines is 1. The van der Waals surface area contributed by atoms with Gasteiger partial charge in [-0.3, -0.25) is 14.5 Å². The van der Waals surface area contributed by atoms with E-state index in [4.69, 9.17) is 25.8 Å². The topological polar surface area (TPSA) is 102 Å². The third-order valence-corrected chi connectivity index (χ3v) is 6.23. The Morgan fingerprint density at radius 1 is 1.00 bits per heavy atom. The Kier molecular flexibility index (Phi) is 7.50. The van der Waals surface area contributed by atoms with Crippen LogP contribution in [0.15, 0.2) is 72.3 Å². The number of nitrogens with zero attached hydrogens (tertiary/aromatic N) is 1. The smallest absolute Gasteiger partial charge is 0.337 e. The molecule has 190 valence electrons. The van der Waals surface area contributed by atoms with Crippen LogP contribution in [0.25, 0.3) is 5.76 Å². The fourth-order valence-corrected chi connectivity index (χ4v) is 4.42. The minimum atomic E-state index is -1.05. The number of Topliss-reactive ketones (excluding diaryl/α,β-unsaturated/α-hetero) is 1. The molecule has 8 nitrogen and oxygen atoms in total. The maximum Gasteiger partial charge on any atom is 0.337 e. The first-order valence-electron chi connectivity index (χ1n) is 11.4. The highest BCUT2D eigenvalue weighted by Crippen LogP contribution is 2.44. The van der Waals surface area contributed by atoms with E-state index in [2.05, 4.69) is 0 Å². The van der Waals surface area contributed by atoms with Gasteiger partial charge in [-0.1, -0.05) is 29.8 Å². The highest BCUT2D eigenvalue weighted by molar-refractivity contribution is 6.52. The molecule has 1 heterocycles. The molecule has 0 aromatic heterocycles. The molecule has 0 aliphatic carbocycles. The third kappa shape index (κ3) is 4.88. The molecule has 0 bridgehead atoms. The Hall–Kier alpha value is -4.30. The molecule has 3 aromatic carbocycles. The first-order chi connectivity index (χ1) is 17.8. The monoisotopic (exact) mass is 521 g/mol. The maximum absolute atomic E-state index is 13.4. The molecular weight excluding hydrogens is 498 g/mol. The van der Waals surface area contributed by atoms with Crippen molar-refractivity contribution in [2.45, 2.75) is 13.0 Å². The van der Waals surface area contributed by atoms with Gasteiger partial charge in [-0.25, -0.2) is 4.79 Å². The summed E-state index contributed by atoms with van der Waals surface area (Å²) >= 11 is 6.39. The quantitative estimate of drug-likeness (QED) is 0.198. The zero-order valence-corrected chi connectivity index (χ0v) is 21.1. The normalized spacial score (nSPS) is 16.5. The Morgan fingerprint density at radius 3 is 2.46 bits per heavy atom. The molecule has 0 radical (unpaired) electrons. The Labute approximate surface area is 218 Å². The van der Waals surface area contributed by atoms with Crippen LogP contribution in [0.2, 0.25) is 5.02 Å². The molecule has 1 amide bonds. The second-order valence-corrected chi connectivity index (χ2v) is 8.47. The van der Waals surface area contributed by atoms with Gasteiger partial charge in [0.25, 0.3) is 11.7 Å². The molecule has 37 heavy (non-hydrogen) atoms. The highest BCUT2D eigenvalue weighted by Gasteiger charge is 2.47. The zero-order valence-electron chi connectivity index (χ0n) is 20.4. The van der Waals surface area contributed by atoms with E-state index >= 15 is 0 Å². The fraction of sp³-hybridized carbons (Fsp3) is 0.179. The average molecular weight is 522 g/mol. The van der Waals surface area contributed by atoms with Crippen LogP contribution < -0.4 is 14.4 Å². The van der Waals surface area contributed by atoms with Gasteiger partial charge in [0.05, 0.1) is 43.0 Å². The first kappa shape index (κ1) is 25.8. The van der Waals surface area contributed by atoms with Gasteiger partial charge >= 0.3 is 5.97 Å². The molecule has 1 N–H and O–H groups in total. The van der Waals surface area contributed by atoms with Crippen LogP contribution >= 0.6 is 11.6 Å². The maximum atomic E-state index is 13.4. The fourth-order valence-electron chi connectivity index (χ4n) is 4.21. The lowest BCUT2D eigenvalue weighted by Gasteiger charge is -2.26. The summed E-state index contributed by atoms with van der Waals surface area (Å²) in [6.07, 6.45) is 0. The number of ether oxygens (including phenoxy) is 3. The Morgan fingerprint density at radius 2 is 1.76 bits per heavy atom. The number of aliphatic hydroxyl groups is 1. The number of benzene rings is 3. The predicted molar refractivity (Wildman–Crippen MR) is 138 cm³/mol. The number of hydrogen-bond acceptors (Lipinski definition) is 7. The van der Waals surface area contributed by atoms with E-state index in [9.17, 15) is 19.5 Å². The number of aliphatic hydroxyl groups excluding tert-OH is 1. The molecule has 4 rings (SSSR count). The summed E-state index contributed by atoms with van der Waals surface area (Å²) in [5.74, 6) is -1.92. The van der Waals surface area contributed by atoms with Crippen LogP contribution in [0.3, 0.4) is 0 Å². The summed E-state index contributed by atoms with van der Waals surface area (Å²) in [5.41, 5.74) is 0.935. The second kappa shape index (κ2) is 10.8. The molecule has 1 aliphatic heterocycles. The van der Waals surface area contributed by atoms with Gasteiger partial charge in [0.2, 0.25) is 0 Å². The summed E-state index contributed by atoms with van der Waals surface area (Å²) in [5, 5.41) is 11.6. The summed E-state index contributed by atoms with van der Waals surface area (Å²) < 4.78 is 15.7. The summed E-state index contributed by atoms with van der Waals surface area (Å²) in [6.45, 7) is 2.19. The number of halogens is 1. The van der Waals surface area contributed by atoms with E-state index < -0.39 is 29.5 Å². The van der Waals surface area contributed by atoms with Crippen molar-refractivity contribution in [1.82, 2.24) is 0 Å². The molecule has 1 aliphatic rings. The van der Waals surface area contributed by atoms with Crippen molar-refractivity contribution in [2.24, 2.45) is 0 Å². The summed E-state index contributed by atoms with van der Waals surface area (Å²) in [4.78, 5) is 40.2. The lowest BCUT2D eigenvalue weighted by molar-refractivity contribution is -0.132. The van der Waals surface area contributed by atoms with Crippen LogP contribution in [0, 0.1) is 0 Å². The molecular formula is C28H24ClNO7. The predicted octanol–water partition coefficient (Wildman–Crippen LogP) is 5.16. The van der Waals surface area contributed by atoms with Crippen LogP contribution in [-0.4, -0.2) is 43.6 Å². The van der Waals surface area contributed by atoms with Gasteiger partial charge in [0.15, 0.2) is 0 Å². The van der Waals surface area contributed by atoms with Gasteiger partial charge in [-0.05, 0) is 61.0 Å². The largest absolute Gasteiger partial charge is 0.507 e. The van der Waals surface area contributed by atoms with E-state index in [-0.39, 0.29) is 27.4 Å². The van der Waals surface area contributed by atoms with E-state index in [1.165, 1.54) is 43.4 Å². The average Bonchev–Trinajstić information content (AvgIpc) is 3.19. The first-order valence-corrected chi connectivity index (χ1v) is 11.7. The van der Waals surface area contributed by atoms with Crippen molar-refractivity contribution in [3.63, 3.8) is 0 Å². The number of carbonyl (C=O) groups excluding carboxylic acids is 3. The highest BCUT2D eigenvalue weighted by atomic mass is 35.5. The lowest BCUT2D eigenvalue weighted by Crippen LogP contribution is -2.29. The Bertz CT molecular complexity index is 1420. The molecule has 1 atom stereocenters. The third-order valence-electron chi connectivity index (χ3n) is 5.90. The minimum Gasteiger partial charge on any atom is -0.507 e. The number of rotatable bonds is 7. The molecule has 1 fully saturated rings. The number of amides is 1. The van der Waals surface area contributed by atoms with E-state index in [0.29, 0.717) is 23.7 Å². The van der Waals surface area contributed by atoms with Crippen molar-refractivity contribution in [1.29, 1.82) is 0 Å². The Balaban J connectivity index is 1.97.